The van der Waals surface area contributed by atoms with Gasteiger partial charge in [0.05, 0.1) is 19.3 Å². The summed E-state index contributed by atoms with van der Waals surface area (Å²) in [5, 5.41) is 16.7. The molecule has 7 nitrogen and oxygen atoms in total. The highest BCUT2D eigenvalue weighted by atomic mass is 19.1. The molecule has 3 aromatic carbocycles. The third-order valence-electron chi connectivity index (χ3n) is 9.13. The van der Waals surface area contributed by atoms with Gasteiger partial charge in [0.25, 0.3) is 0 Å². The van der Waals surface area contributed by atoms with Gasteiger partial charge < -0.3 is 20.2 Å². The molecule has 3 aliphatic rings. The number of β-amino-alcohol motifs (C(OH)–C–C–N with tert-alkyl or cyclic N) is 1. The second kappa shape index (κ2) is 12.3. The third kappa shape index (κ3) is 5.45. The maximum Gasteiger partial charge on any atom is 0.250 e. The Morgan fingerprint density at radius 1 is 0.977 bits per heavy atom. The Hall–Kier alpha value is -4.01. The molecule has 0 saturated carbocycles. The lowest BCUT2D eigenvalue weighted by Crippen LogP contribution is -2.57. The first kappa shape index (κ1) is 30.4. The van der Waals surface area contributed by atoms with Crippen molar-refractivity contribution in [1.82, 2.24) is 14.8 Å². The summed E-state index contributed by atoms with van der Waals surface area (Å²) in [7, 11) is 0. The van der Waals surface area contributed by atoms with Gasteiger partial charge in [-0.2, -0.15) is 0 Å². The van der Waals surface area contributed by atoms with Crippen molar-refractivity contribution in [1.29, 1.82) is 0 Å². The highest BCUT2D eigenvalue weighted by Gasteiger charge is 2.54. The largest absolute Gasteiger partial charge is 0.389 e. The van der Waals surface area contributed by atoms with Crippen LogP contribution in [0.4, 0.5) is 15.9 Å². The number of hydrogen-bond acceptors (Lipinski definition) is 6. The van der Waals surface area contributed by atoms with Gasteiger partial charge in [-0.25, -0.2) is 9.37 Å². The first-order chi connectivity index (χ1) is 20.0. The van der Waals surface area contributed by atoms with E-state index in [1.165, 1.54) is 34.0 Å². The Morgan fingerprint density at radius 2 is 1.72 bits per heavy atom. The van der Waals surface area contributed by atoms with Gasteiger partial charge in [-0.15, -0.1) is 0 Å². The minimum Gasteiger partial charge on any atom is -0.389 e. The molecule has 0 radical (unpaired) electrons. The van der Waals surface area contributed by atoms with Crippen LogP contribution in [0.15, 0.2) is 85.1 Å². The molecule has 4 aromatic rings. The van der Waals surface area contributed by atoms with E-state index in [-0.39, 0.29) is 39.7 Å². The standard InChI is InChI=1S/C33H34FN5O2.2CH4/c34-25-10-12-26(13-11-25)39-22-38(21-27(40)20-36-30-9-1-2-16-35-30)32(41)33(39)14-17-37(18-15-33)29-19-24-7-3-5-23-6-4-8-28(29)31(23)24;;/h1-13,16,27,29,40H,14-15,17-22H2,(H,35,36);2*1H4/t27-,29-;;/m1../s1. The van der Waals surface area contributed by atoms with E-state index in [9.17, 15) is 14.3 Å². The van der Waals surface area contributed by atoms with Crippen LogP contribution in [0.3, 0.4) is 0 Å². The molecule has 0 bridgehead atoms. The van der Waals surface area contributed by atoms with Crippen molar-refractivity contribution >= 4 is 28.2 Å². The van der Waals surface area contributed by atoms with E-state index in [1.54, 1.807) is 23.2 Å². The normalized spacial score (nSPS) is 19.8. The molecule has 1 aromatic heterocycles. The number of hydrogen-bond donors (Lipinski definition) is 2. The lowest BCUT2D eigenvalue weighted by molar-refractivity contribution is -0.134. The molecule has 1 spiro atoms. The fourth-order valence-corrected chi connectivity index (χ4v) is 7.11. The van der Waals surface area contributed by atoms with E-state index in [0.717, 1.165) is 25.2 Å². The average Bonchev–Trinajstić information content (AvgIpc) is 3.50. The number of aliphatic hydroxyl groups is 1. The van der Waals surface area contributed by atoms with Gasteiger partial charge in [-0.05, 0) is 77.6 Å². The summed E-state index contributed by atoms with van der Waals surface area (Å²) in [5.74, 6) is 0.419. The molecule has 1 aliphatic carbocycles. The quantitative estimate of drug-likeness (QED) is 0.284. The molecular weight excluding hydrogens is 541 g/mol. The van der Waals surface area contributed by atoms with Crippen molar-refractivity contribution in [2.75, 3.05) is 43.1 Å². The number of nitrogens with one attached hydrogen (secondary N) is 1. The van der Waals surface area contributed by atoms with Gasteiger partial charge in [0.2, 0.25) is 5.91 Å². The predicted molar refractivity (Wildman–Crippen MR) is 172 cm³/mol. The summed E-state index contributed by atoms with van der Waals surface area (Å²) in [6, 6.07) is 25.4. The lowest BCUT2D eigenvalue weighted by Gasteiger charge is -2.45. The number of carbonyl (C=O) groups excluding carboxylic acids is 1. The fraction of sp³-hybridized carbons (Fsp3) is 0.371. The number of pyridine rings is 1. The maximum absolute atomic E-state index is 14.2. The fourth-order valence-electron chi connectivity index (χ4n) is 7.11. The van der Waals surface area contributed by atoms with Gasteiger partial charge in [0, 0.05) is 37.6 Å². The molecule has 43 heavy (non-hydrogen) atoms. The van der Waals surface area contributed by atoms with Crippen molar-refractivity contribution in [3.05, 3.63) is 102 Å². The molecule has 7 rings (SSSR count). The Morgan fingerprint density at radius 3 is 2.44 bits per heavy atom. The van der Waals surface area contributed by atoms with Gasteiger partial charge in [0.15, 0.2) is 0 Å². The van der Waals surface area contributed by atoms with Crippen LogP contribution in [0.25, 0.3) is 10.8 Å². The van der Waals surface area contributed by atoms with E-state index in [0.29, 0.717) is 31.4 Å². The zero-order valence-electron chi connectivity index (χ0n) is 22.9. The number of likely N-dealkylation sites (tertiary alicyclic amines) is 1. The monoisotopic (exact) mass is 583 g/mol. The van der Waals surface area contributed by atoms with Crippen LogP contribution in [0, 0.1) is 5.82 Å². The van der Waals surface area contributed by atoms with Gasteiger partial charge in [-0.3, -0.25) is 9.69 Å². The van der Waals surface area contributed by atoms with Crippen molar-refractivity contribution in [3.63, 3.8) is 0 Å². The number of benzene rings is 3. The van der Waals surface area contributed by atoms with E-state index >= 15 is 0 Å². The smallest absolute Gasteiger partial charge is 0.250 e. The van der Waals surface area contributed by atoms with E-state index in [1.807, 2.05) is 18.2 Å². The zero-order chi connectivity index (χ0) is 28.0. The van der Waals surface area contributed by atoms with Crippen molar-refractivity contribution < 1.29 is 14.3 Å². The summed E-state index contributed by atoms with van der Waals surface area (Å²) in [5.41, 5.74) is 2.88. The highest BCUT2D eigenvalue weighted by molar-refractivity contribution is 5.94. The summed E-state index contributed by atoms with van der Waals surface area (Å²) in [6.07, 6.45) is 3.26. The Kier molecular flexibility index (Phi) is 8.71. The van der Waals surface area contributed by atoms with Crippen LogP contribution in [-0.2, 0) is 11.2 Å². The SMILES string of the molecule is C.C.O=C1N(C[C@H](O)CNc2ccccn2)CN(c2ccc(F)cc2)C12CCN([C@@H]1Cc3cccc4cccc1c34)CC2. The molecule has 2 fully saturated rings. The highest BCUT2D eigenvalue weighted by Crippen LogP contribution is 2.45. The second-order valence-electron chi connectivity index (χ2n) is 11.5. The van der Waals surface area contributed by atoms with E-state index in [4.69, 9.17) is 0 Å². The van der Waals surface area contributed by atoms with Crippen LogP contribution in [-0.4, -0.2) is 70.3 Å². The molecule has 2 atom stereocenters. The molecule has 2 aliphatic heterocycles. The lowest BCUT2D eigenvalue weighted by atomic mass is 9.84. The van der Waals surface area contributed by atoms with Crippen LogP contribution >= 0.6 is 0 Å². The number of rotatable bonds is 7. The molecule has 0 unspecified atom stereocenters. The number of anilines is 2. The predicted octanol–water partition coefficient (Wildman–Crippen LogP) is 5.86. The summed E-state index contributed by atoms with van der Waals surface area (Å²) >= 11 is 0. The molecule has 2 N–H and O–H groups in total. The third-order valence-corrected chi connectivity index (χ3v) is 9.13. The first-order valence-corrected chi connectivity index (χ1v) is 14.4. The molecule has 1 amide bonds. The number of halogens is 1. The molecule has 8 heteroatoms. The maximum atomic E-state index is 14.2. The van der Waals surface area contributed by atoms with Gasteiger partial charge in [-0.1, -0.05) is 57.3 Å². The summed E-state index contributed by atoms with van der Waals surface area (Å²) < 4.78 is 13.8. The minimum atomic E-state index is -0.760. The topological polar surface area (TPSA) is 71.9 Å². The average molecular weight is 584 g/mol. The number of amides is 1. The van der Waals surface area contributed by atoms with Crippen molar-refractivity contribution in [2.24, 2.45) is 0 Å². The second-order valence-corrected chi connectivity index (χ2v) is 11.5. The summed E-state index contributed by atoms with van der Waals surface area (Å²) in [6.45, 7) is 2.43. The Bertz CT molecular complexity index is 1550. The Balaban J connectivity index is 0.00000184. The van der Waals surface area contributed by atoms with E-state index < -0.39 is 11.6 Å². The zero-order valence-corrected chi connectivity index (χ0v) is 22.9. The Labute approximate surface area is 254 Å². The van der Waals surface area contributed by atoms with Crippen LogP contribution in [0.2, 0.25) is 0 Å². The number of carbonyl (C=O) groups is 1. The van der Waals surface area contributed by atoms with E-state index in [2.05, 4.69) is 56.5 Å². The molecular formula is C35H42FN5O2. The van der Waals surface area contributed by atoms with Crippen LogP contribution in [0.5, 0.6) is 0 Å². The molecule has 226 valence electrons. The van der Waals surface area contributed by atoms with Crippen molar-refractivity contribution in [2.45, 2.75) is 51.8 Å². The number of aliphatic hydroxyl groups excluding tert-OH is 1. The number of nitrogens with zero attached hydrogens (tertiary/aromatic N) is 4. The summed E-state index contributed by atoms with van der Waals surface area (Å²) in [4.78, 5) is 24.8. The number of aromatic nitrogens is 1. The van der Waals surface area contributed by atoms with Gasteiger partial charge in [0.1, 0.15) is 17.2 Å². The van der Waals surface area contributed by atoms with Crippen LogP contribution in [0.1, 0.15) is 44.9 Å². The van der Waals surface area contributed by atoms with Crippen LogP contribution < -0.4 is 10.2 Å². The van der Waals surface area contributed by atoms with Crippen molar-refractivity contribution in [3.8, 4) is 0 Å². The first-order valence-electron chi connectivity index (χ1n) is 14.4. The molecule has 2 saturated heterocycles. The van der Waals surface area contributed by atoms with Gasteiger partial charge >= 0.3 is 0 Å². The number of piperidine rings is 1. The minimum absolute atomic E-state index is 0. The molecule has 3 heterocycles.